The number of anilines is 5. The second-order valence-corrected chi connectivity index (χ2v) is 18.2. The molecule has 390 valence electrons. The number of fused-ring (bicyclic) bond motifs is 2. The molecule has 0 aliphatic rings. The maximum atomic E-state index is 12.6. The number of hydrogen-bond donors (Lipinski definition) is 5. The molecule has 8 aromatic carbocycles. The first-order valence-corrected chi connectivity index (χ1v) is 25.4. The molecule has 0 aromatic heterocycles. The largest absolute Gasteiger partial charge is 0.494 e. The van der Waals surface area contributed by atoms with Crippen LogP contribution < -0.4 is 42.5 Å². The molecule has 0 radical (unpaired) electrons. The fraction of sp³-hybridized carbons (Fsp3) is 0.222. The van der Waals surface area contributed by atoms with Gasteiger partial charge in [-0.05, 0) is 160 Å². The van der Waals surface area contributed by atoms with Gasteiger partial charge >= 0.3 is 17.9 Å². The van der Waals surface area contributed by atoms with Crippen LogP contribution in [0, 0.1) is 6.92 Å². The number of unbranched alkanes of at least 4 members (excludes halogenated alkanes) is 5. The van der Waals surface area contributed by atoms with Crippen LogP contribution >= 0.6 is 0 Å². The topological polar surface area (TPSA) is 204 Å². The third-order valence-corrected chi connectivity index (χ3v) is 12.3. The van der Waals surface area contributed by atoms with Crippen LogP contribution in [0.3, 0.4) is 0 Å². The van der Waals surface area contributed by atoms with E-state index in [-0.39, 0.29) is 13.4 Å². The Kier molecular flexibility index (Phi) is 21.1. The van der Waals surface area contributed by atoms with Crippen molar-refractivity contribution in [3.8, 4) is 17.2 Å². The summed E-state index contributed by atoms with van der Waals surface area (Å²) in [7, 11) is 0. The lowest BCUT2D eigenvalue weighted by molar-refractivity contribution is -0.139. The predicted octanol–water partition coefficient (Wildman–Crippen LogP) is 14.1. The number of benzene rings is 8. The number of nitrogen functional groups attached to an aromatic ring is 4. The van der Waals surface area contributed by atoms with E-state index >= 15 is 0 Å². The van der Waals surface area contributed by atoms with Crippen molar-refractivity contribution < 1.29 is 34.8 Å². The molecule has 0 saturated heterocycles. The molecule has 0 unspecified atom stereocenters. The lowest BCUT2D eigenvalue weighted by Gasteiger charge is -2.12. The third-order valence-electron chi connectivity index (χ3n) is 12.3. The summed E-state index contributed by atoms with van der Waals surface area (Å²) in [4.78, 5) is 36.1. The maximum absolute atomic E-state index is 12.6. The molecule has 75 heavy (non-hydrogen) atoms. The van der Waals surface area contributed by atoms with Crippen LogP contribution in [0.15, 0.2) is 176 Å². The molecule has 0 bridgehead atoms. The summed E-state index contributed by atoms with van der Waals surface area (Å²) in [5, 5.41) is 7.61. The Morgan fingerprint density at radius 2 is 1.00 bits per heavy atom. The fourth-order valence-corrected chi connectivity index (χ4v) is 7.86. The van der Waals surface area contributed by atoms with Crippen molar-refractivity contribution in [1.29, 1.82) is 0 Å². The first-order chi connectivity index (χ1) is 36.3. The Morgan fingerprint density at radius 1 is 0.520 bits per heavy atom. The van der Waals surface area contributed by atoms with Gasteiger partial charge in [0.2, 0.25) is 0 Å². The van der Waals surface area contributed by atoms with Crippen LogP contribution in [0.1, 0.15) is 97.6 Å². The standard InChI is InChI=1S/C34H36N2O5.C19H23NO2.C10H10N2.H2/c1-24(2)33(37)40-22-8-4-3-7-21-39-27-17-13-26(14-18-27)34(38)41-28-15-11-25(12-16-28)23-36-32-20-19-31(35)29-9-5-6-10-30(29)32;1-3-4-5-6-15-7-10-17(11-8-15)22-19(21)16-9-12-18(20)14(2)13-16;11-9-5-6-10(12)8-4-2-1-3-7(8)9;/h5-6,9-20,36H,1,3-4,7-8,21-23,35H2,2H3;7-13H,3-6,20H2,1-2H3;1-6H,11-12H2;1H. The number of ether oxygens (including phenoxy) is 4. The molecule has 0 spiro atoms. The molecule has 0 fully saturated rings. The van der Waals surface area contributed by atoms with Gasteiger partial charge in [0.25, 0.3) is 0 Å². The average Bonchev–Trinajstić information content (AvgIpc) is 3.43. The molecule has 0 aliphatic heterocycles. The number of rotatable bonds is 20. The van der Waals surface area contributed by atoms with Gasteiger partial charge in [0, 0.05) is 63.5 Å². The number of carbonyl (C=O) groups excluding carboxylic acids is 3. The van der Waals surface area contributed by atoms with Crippen LogP contribution in [0.25, 0.3) is 21.5 Å². The molecule has 9 N–H and O–H groups in total. The first-order valence-electron chi connectivity index (χ1n) is 25.4. The zero-order chi connectivity index (χ0) is 53.5. The molecule has 0 heterocycles. The van der Waals surface area contributed by atoms with Crippen molar-refractivity contribution in [3.63, 3.8) is 0 Å². The van der Waals surface area contributed by atoms with Crippen LogP contribution in [-0.4, -0.2) is 31.1 Å². The number of hydrogen-bond acceptors (Lipinski definition) is 12. The zero-order valence-electron chi connectivity index (χ0n) is 43.2. The van der Waals surface area contributed by atoms with Gasteiger partial charge in [0.05, 0.1) is 24.3 Å². The van der Waals surface area contributed by atoms with Gasteiger partial charge in [-0.2, -0.15) is 0 Å². The summed E-state index contributed by atoms with van der Waals surface area (Å²) >= 11 is 0. The van der Waals surface area contributed by atoms with Crippen molar-refractivity contribution in [1.82, 2.24) is 0 Å². The van der Waals surface area contributed by atoms with Gasteiger partial charge in [-0.25, -0.2) is 14.4 Å². The first kappa shape index (κ1) is 55.5. The average molecular weight is 1010 g/mol. The second-order valence-electron chi connectivity index (χ2n) is 18.2. The number of carbonyl (C=O) groups is 3. The van der Waals surface area contributed by atoms with Crippen LogP contribution in [0.2, 0.25) is 0 Å². The van der Waals surface area contributed by atoms with E-state index in [1.165, 1.54) is 24.8 Å². The molecule has 8 rings (SSSR count). The Bertz CT molecular complexity index is 3120. The van der Waals surface area contributed by atoms with E-state index in [1.807, 2.05) is 116 Å². The Labute approximate surface area is 442 Å². The number of nitrogens with two attached hydrogens (primary N) is 4. The van der Waals surface area contributed by atoms with E-state index < -0.39 is 5.97 Å². The molecule has 0 amide bonds. The molecule has 0 atom stereocenters. The summed E-state index contributed by atoms with van der Waals surface area (Å²) in [5.74, 6) is 0.615. The van der Waals surface area contributed by atoms with Crippen molar-refractivity contribution in [3.05, 3.63) is 204 Å². The van der Waals surface area contributed by atoms with Crippen molar-refractivity contribution in [2.24, 2.45) is 0 Å². The highest BCUT2D eigenvalue weighted by atomic mass is 16.5. The van der Waals surface area contributed by atoms with E-state index in [0.29, 0.717) is 59.4 Å². The van der Waals surface area contributed by atoms with E-state index in [0.717, 1.165) is 87.5 Å². The molecule has 0 saturated carbocycles. The second kappa shape index (κ2) is 28.5. The van der Waals surface area contributed by atoms with Crippen LogP contribution in [0.4, 0.5) is 28.4 Å². The smallest absolute Gasteiger partial charge is 0.343 e. The predicted molar refractivity (Wildman–Crippen MR) is 308 cm³/mol. The number of esters is 3. The summed E-state index contributed by atoms with van der Waals surface area (Å²) in [6.45, 7) is 10.9. The van der Waals surface area contributed by atoms with Gasteiger partial charge in [0.15, 0.2) is 0 Å². The van der Waals surface area contributed by atoms with Gasteiger partial charge in [0.1, 0.15) is 17.2 Å². The molecule has 12 nitrogen and oxygen atoms in total. The quantitative estimate of drug-likeness (QED) is 0.0159. The van der Waals surface area contributed by atoms with E-state index in [1.54, 1.807) is 61.5 Å². The normalized spacial score (nSPS) is 10.5. The number of nitrogens with one attached hydrogen (secondary N) is 1. The lowest BCUT2D eigenvalue weighted by Crippen LogP contribution is -2.09. The fourth-order valence-electron chi connectivity index (χ4n) is 7.86. The van der Waals surface area contributed by atoms with Gasteiger partial charge in [-0.15, -0.1) is 0 Å². The summed E-state index contributed by atoms with van der Waals surface area (Å²) in [6.07, 6.45) is 8.36. The lowest BCUT2D eigenvalue weighted by atomic mass is 10.1. The van der Waals surface area contributed by atoms with E-state index in [4.69, 9.17) is 41.9 Å². The van der Waals surface area contributed by atoms with Gasteiger partial charge < -0.3 is 47.2 Å². The minimum atomic E-state index is -0.428. The van der Waals surface area contributed by atoms with Crippen molar-refractivity contribution in [2.45, 2.75) is 78.7 Å². The Hall–Kier alpha value is -8.77. The summed E-state index contributed by atoms with van der Waals surface area (Å²) in [5.41, 5.74) is 32.0. The number of aryl methyl sites for hydroxylation is 2. The highest BCUT2D eigenvalue weighted by Gasteiger charge is 2.12. The maximum Gasteiger partial charge on any atom is 0.343 e. The minimum absolute atomic E-state index is 0. The SMILES string of the molecule is C=C(C)C(=O)OCCCCCCOc1ccc(C(=O)Oc2ccc(CNc3ccc(N)c4ccccc34)cc2)cc1.CCCCCc1ccc(OC(=O)c2ccc(N)c(C)c2)cc1.Nc1ccc(N)c2ccccc12.[HH]. The van der Waals surface area contributed by atoms with Crippen LogP contribution in [0.5, 0.6) is 17.2 Å². The van der Waals surface area contributed by atoms with E-state index in [2.05, 4.69) is 18.8 Å². The zero-order valence-corrected chi connectivity index (χ0v) is 43.2. The molecule has 12 heteroatoms. The highest BCUT2D eigenvalue weighted by molar-refractivity contribution is 6.01. The van der Waals surface area contributed by atoms with Gasteiger partial charge in [-0.3, -0.25) is 0 Å². The molecule has 8 aromatic rings. The molecular weight excluding hydrogens is 939 g/mol. The highest BCUT2D eigenvalue weighted by Crippen LogP contribution is 2.29. The molecule has 0 aliphatic carbocycles. The van der Waals surface area contributed by atoms with Crippen molar-refractivity contribution >= 4 is 67.9 Å². The summed E-state index contributed by atoms with van der Waals surface area (Å²) in [6, 6.07) is 50.7. The summed E-state index contributed by atoms with van der Waals surface area (Å²) < 4.78 is 21.8. The monoisotopic (exact) mass is 1010 g/mol. The van der Waals surface area contributed by atoms with E-state index in [9.17, 15) is 14.4 Å². The van der Waals surface area contributed by atoms with Crippen LogP contribution in [-0.2, 0) is 22.5 Å². The Balaban J connectivity index is 0.000000251. The molecular formula is C63H71N5O7. The Morgan fingerprint density at radius 3 is 1.56 bits per heavy atom. The van der Waals surface area contributed by atoms with Crippen molar-refractivity contribution in [2.75, 3.05) is 41.5 Å². The third kappa shape index (κ3) is 17.2. The van der Waals surface area contributed by atoms with Gasteiger partial charge in [-0.1, -0.05) is 99.1 Å². The minimum Gasteiger partial charge on any atom is -0.494 e.